The van der Waals surface area contributed by atoms with Gasteiger partial charge in [0.25, 0.3) is 0 Å². The summed E-state index contributed by atoms with van der Waals surface area (Å²) in [6, 6.07) is 7.51. The Labute approximate surface area is 168 Å². The normalized spacial score (nSPS) is 10.2. The number of thiocarbonyl (C=S) groups is 1. The van der Waals surface area contributed by atoms with Crippen molar-refractivity contribution in [3.05, 3.63) is 29.1 Å². The fourth-order valence-electron chi connectivity index (χ4n) is 2.37. The summed E-state index contributed by atoms with van der Waals surface area (Å²) < 4.78 is 15.8. The van der Waals surface area contributed by atoms with Gasteiger partial charge >= 0.3 is 5.97 Å². The molecule has 0 atom stereocenters. The maximum atomic E-state index is 12.4. The van der Waals surface area contributed by atoms with Crippen LogP contribution in [-0.2, 0) is 4.74 Å². The van der Waals surface area contributed by atoms with E-state index in [2.05, 4.69) is 17.6 Å². The van der Waals surface area contributed by atoms with Crippen LogP contribution in [0, 0.1) is 0 Å². The molecule has 0 saturated heterocycles. The van der Waals surface area contributed by atoms with Gasteiger partial charge in [-0.2, -0.15) is 0 Å². The van der Waals surface area contributed by atoms with Crippen molar-refractivity contribution in [1.82, 2.24) is 5.32 Å². The first-order valence-electron chi connectivity index (χ1n) is 8.62. The zero-order valence-electron chi connectivity index (χ0n) is 15.9. The molecule has 1 aromatic heterocycles. The van der Waals surface area contributed by atoms with E-state index in [1.165, 1.54) is 11.3 Å². The highest BCUT2D eigenvalue weighted by Gasteiger charge is 2.20. The molecule has 0 aliphatic rings. The van der Waals surface area contributed by atoms with Crippen LogP contribution in [0.15, 0.2) is 24.3 Å². The molecule has 8 heteroatoms. The topological polar surface area (TPSA) is 68.8 Å². The summed E-state index contributed by atoms with van der Waals surface area (Å²) in [5, 5.41) is 6.67. The molecule has 146 valence electrons. The van der Waals surface area contributed by atoms with Gasteiger partial charge in [0.05, 0.1) is 26.5 Å². The molecule has 0 amide bonds. The van der Waals surface area contributed by atoms with Crippen LogP contribution in [-0.4, -0.2) is 38.5 Å². The third-order valence-corrected chi connectivity index (χ3v) is 5.06. The van der Waals surface area contributed by atoms with Gasteiger partial charge in [-0.05, 0) is 55.4 Å². The fraction of sp³-hybridized carbons (Fsp3) is 0.368. The molecule has 0 bridgehead atoms. The summed E-state index contributed by atoms with van der Waals surface area (Å²) in [6.07, 6.45) is 0.951. The first-order chi connectivity index (χ1) is 13.0. The number of esters is 1. The van der Waals surface area contributed by atoms with Crippen molar-refractivity contribution in [1.29, 1.82) is 0 Å². The number of hydrogen-bond donors (Lipinski definition) is 2. The Kier molecular flexibility index (Phi) is 7.87. The predicted molar refractivity (Wildman–Crippen MR) is 113 cm³/mol. The Morgan fingerprint density at radius 3 is 2.52 bits per heavy atom. The second-order valence-electron chi connectivity index (χ2n) is 5.52. The van der Waals surface area contributed by atoms with E-state index in [1.807, 2.05) is 24.3 Å². The summed E-state index contributed by atoms with van der Waals surface area (Å²) in [4.78, 5) is 13.7. The number of hydrogen-bond acceptors (Lipinski definition) is 6. The molecule has 0 aliphatic carbocycles. The minimum Gasteiger partial charge on any atom is -0.493 e. The van der Waals surface area contributed by atoms with E-state index in [0.717, 1.165) is 23.4 Å². The molecule has 0 fully saturated rings. The quantitative estimate of drug-likeness (QED) is 0.498. The number of carbonyl (C=O) groups excluding carboxylic acids is 1. The largest absolute Gasteiger partial charge is 0.493 e. The first-order valence-corrected chi connectivity index (χ1v) is 9.84. The standard InChI is InChI=1S/C19H24N2O4S2/c1-5-9-20-19(26)21-13-11-16(27-17(13)18(22)25-6-2)12-7-8-14(23-3)15(10-12)24-4/h7-8,10-11H,5-6,9H2,1-4H3,(H2,20,21,26). The van der Waals surface area contributed by atoms with Crippen molar-refractivity contribution in [2.24, 2.45) is 0 Å². The minimum absolute atomic E-state index is 0.306. The maximum absolute atomic E-state index is 12.4. The third kappa shape index (κ3) is 5.33. The van der Waals surface area contributed by atoms with Gasteiger partial charge in [-0.15, -0.1) is 11.3 Å². The Morgan fingerprint density at radius 1 is 1.15 bits per heavy atom. The second kappa shape index (κ2) is 10.1. The molecule has 1 heterocycles. The molecule has 0 spiro atoms. The zero-order valence-corrected chi connectivity index (χ0v) is 17.5. The molecule has 6 nitrogen and oxygen atoms in total. The van der Waals surface area contributed by atoms with E-state index in [4.69, 9.17) is 26.4 Å². The predicted octanol–water partition coefficient (Wildman–Crippen LogP) is 4.31. The van der Waals surface area contributed by atoms with Crippen LogP contribution >= 0.6 is 23.6 Å². The summed E-state index contributed by atoms with van der Waals surface area (Å²) in [6.45, 7) is 4.90. The highest BCUT2D eigenvalue weighted by atomic mass is 32.1. The number of rotatable bonds is 8. The fourth-order valence-corrected chi connectivity index (χ4v) is 3.58. The molecule has 2 rings (SSSR count). The van der Waals surface area contributed by atoms with E-state index >= 15 is 0 Å². The summed E-state index contributed by atoms with van der Waals surface area (Å²) in [7, 11) is 3.18. The van der Waals surface area contributed by atoms with Gasteiger partial charge in [0.1, 0.15) is 4.88 Å². The Morgan fingerprint density at radius 2 is 1.89 bits per heavy atom. The van der Waals surface area contributed by atoms with Gasteiger partial charge in [-0.1, -0.05) is 6.92 Å². The van der Waals surface area contributed by atoms with Crippen LogP contribution in [0.4, 0.5) is 5.69 Å². The number of benzene rings is 1. The molecular weight excluding hydrogens is 384 g/mol. The number of carbonyl (C=O) groups is 1. The molecule has 2 aromatic rings. The average Bonchev–Trinajstić information content (AvgIpc) is 3.09. The van der Waals surface area contributed by atoms with Crippen molar-refractivity contribution in [2.75, 3.05) is 32.7 Å². The Balaban J connectivity index is 2.38. The second-order valence-corrected chi connectivity index (χ2v) is 6.99. The number of nitrogens with one attached hydrogen (secondary N) is 2. The number of thiophene rings is 1. The first kappa shape index (κ1) is 21.0. The van der Waals surface area contributed by atoms with Gasteiger partial charge in [-0.3, -0.25) is 0 Å². The van der Waals surface area contributed by atoms with Gasteiger partial charge in [0, 0.05) is 11.4 Å². The number of ether oxygens (including phenoxy) is 3. The molecule has 0 radical (unpaired) electrons. The van der Waals surface area contributed by atoms with E-state index in [-0.39, 0.29) is 5.97 Å². The van der Waals surface area contributed by atoms with Crippen LogP contribution in [0.3, 0.4) is 0 Å². The third-order valence-electron chi connectivity index (χ3n) is 3.64. The van der Waals surface area contributed by atoms with Crippen molar-refractivity contribution < 1.29 is 19.0 Å². The summed E-state index contributed by atoms with van der Waals surface area (Å²) >= 11 is 6.64. The van der Waals surface area contributed by atoms with Crippen LogP contribution in [0.5, 0.6) is 11.5 Å². The highest BCUT2D eigenvalue weighted by molar-refractivity contribution is 7.80. The van der Waals surface area contributed by atoms with Gasteiger partial charge in [-0.25, -0.2) is 4.79 Å². The molecule has 0 aliphatic heterocycles. The van der Waals surface area contributed by atoms with E-state index in [9.17, 15) is 4.79 Å². The molecule has 0 unspecified atom stereocenters. The van der Waals surface area contributed by atoms with E-state index in [0.29, 0.717) is 33.8 Å². The van der Waals surface area contributed by atoms with Crippen molar-refractivity contribution >= 4 is 40.3 Å². The van der Waals surface area contributed by atoms with Crippen LogP contribution in [0.25, 0.3) is 10.4 Å². The van der Waals surface area contributed by atoms with E-state index < -0.39 is 0 Å². The highest BCUT2D eigenvalue weighted by Crippen LogP contribution is 2.39. The molecule has 27 heavy (non-hydrogen) atoms. The molecular formula is C19H24N2O4S2. The van der Waals surface area contributed by atoms with E-state index in [1.54, 1.807) is 21.1 Å². The van der Waals surface area contributed by atoms with Crippen molar-refractivity contribution in [3.63, 3.8) is 0 Å². The zero-order chi connectivity index (χ0) is 19.8. The Hall–Kier alpha value is -2.32. The molecule has 2 N–H and O–H groups in total. The SMILES string of the molecule is CCCNC(=S)Nc1cc(-c2ccc(OC)c(OC)c2)sc1C(=O)OCC. The van der Waals surface area contributed by atoms with Gasteiger partial charge < -0.3 is 24.8 Å². The lowest BCUT2D eigenvalue weighted by molar-refractivity contribution is 0.0533. The molecule has 0 saturated carbocycles. The number of anilines is 1. The minimum atomic E-state index is -0.380. The Bertz CT molecular complexity index is 805. The number of methoxy groups -OCH3 is 2. The van der Waals surface area contributed by atoms with Crippen LogP contribution in [0.2, 0.25) is 0 Å². The molecule has 1 aromatic carbocycles. The van der Waals surface area contributed by atoms with Gasteiger partial charge in [0.2, 0.25) is 0 Å². The lowest BCUT2D eigenvalue weighted by atomic mass is 10.1. The lowest BCUT2D eigenvalue weighted by Gasteiger charge is -2.09. The van der Waals surface area contributed by atoms with Crippen molar-refractivity contribution in [2.45, 2.75) is 20.3 Å². The summed E-state index contributed by atoms with van der Waals surface area (Å²) in [5.41, 5.74) is 1.53. The summed E-state index contributed by atoms with van der Waals surface area (Å²) in [5.74, 6) is 0.887. The lowest BCUT2D eigenvalue weighted by Crippen LogP contribution is -2.29. The average molecular weight is 409 g/mol. The maximum Gasteiger partial charge on any atom is 0.350 e. The van der Waals surface area contributed by atoms with Crippen molar-refractivity contribution in [3.8, 4) is 21.9 Å². The smallest absolute Gasteiger partial charge is 0.350 e. The monoisotopic (exact) mass is 408 g/mol. The van der Waals surface area contributed by atoms with Gasteiger partial charge in [0.15, 0.2) is 16.6 Å². The van der Waals surface area contributed by atoms with Crippen LogP contribution < -0.4 is 20.1 Å². The van der Waals surface area contributed by atoms with Crippen LogP contribution in [0.1, 0.15) is 29.9 Å².